The summed E-state index contributed by atoms with van der Waals surface area (Å²) in [5.41, 5.74) is 6.62. The van der Waals surface area contributed by atoms with Gasteiger partial charge in [-0.25, -0.2) is 4.98 Å². The molecule has 1 aromatic carbocycles. The molecular weight excluding hydrogens is 372 g/mol. The summed E-state index contributed by atoms with van der Waals surface area (Å²) in [5.74, 6) is -0.125. The van der Waals surface area contributed by atoms with Crippen molar-refractivity contribution in [1.82, 2.24) is 14.5 Å². The predicted molar refractivity (Wildman–Crippen MR) is 107 cm³/mol. The van der Waals surface area contributed by atoms with E-state index < -0.39 is 0 Å². The van der Waals surface area contributed by atoms with Crippen molar-refractivity contribution in [2.75, 3.05) is 19.6 Å². The van der Waals surface area contributed by atoms with Crippen molar-refractivity contribution < 1.29 is 4.79 Å². The van der Waals surface area contributed by atoms with Crippen LogP contribution in [0.4, 0.5) is 0 Å². The molecule has 1 amide bonds. The van der Waals surface area contributed by atoms with Crippen LogP contribution in [0.25, 0.3) is 10.2 Å². The lowest BCUT2D eigenvalue weighted by Gasteiger charge is -2.22. The van der Waals surface area contributed by atoms with Crippen LogP contribution < -0.4 is 11.3 Å². The van der Waals surface area contributed by atoms with E-state index in [2.05, 4.69) is 4.98 Å². The fraction of sp³-hybridized carbons (Fsp3) is 0.278. The van der Waals surface area contributed by atoms with Gasteiger partial charge in [-0.1, -0.05) is 30.3 Å². The number of nitrogens with two attached hydrogens (primary N) is 1. The number of nitrogens with zero attached hydrogens (tertiary/aromatic N) is 3. The SMILES string of the molecule is Cl.NCCN(CCc1ccccc1)C(=O)Cn1cnc2sccc2c1=O. The molecule has 26 heavy (non-hydrogen) atoms. The summed E-state index contributed by atoms with van der Waals surface area (Å²) in [6, 6.07) is 11.7. The number of fused-ring (bicyclic) bond motifs is 1. The fourth-order valence-corrected chi connectivity index (χ4v) is 3.40. The largest absolute Gasteiger partial charge is 0.340 e. The first kappa shape index (κ1) is 20.1. The van der Waals surface area contributed by atoms with Crippen molar-refractivity contribution in [1.29, 1.82) is 0 Å². The molecule has 0 saturated heterocycles. The number of thiophene rings is 1. The van der Waals surface area contributed by atoms with Crippen LogP contribution in [-0.4, -0.2) is 40.0 Å². The Kier molecular flexibility index (Phi) is 7.32. The molecule has 0 saturated carbocycles. The van der Waals surface area contributed by atoms with Crippen LogP contribution in [-0.2, 0) is 17.8 Å². The predicted octanol–water partition coefficient (Wildman–Crippen LogP) is 1.91. The summed E-state index contributed by atoms with van der Waals surface area (Å²) >= 11 is 1.41. The summed E-state index contributed by atoms with van der Waals surface area (Å²) in [4.78, 5) is 31.7. The standard InChI is InChI=1S/C18H20N4O2S.ClH/c19-8-10-21(9-6-14-4-2-1-3-5-14)16(23)12-22-13-20-17-15(18(22)24)7-11-25-17;/h1-5,7,11,13H,6,8-10,12,19H2;1H. The smallest absolute Gasteiger partial charge is 0.262 e. The summed E-state index contributed by atoms with van der Waals surface area (Å²) < 4.78 is 1.36. The minimum atomic E-state index is -0.185. The lowest BCUT2D eigenvalue weighted by Crippen LogP contribution is -2.40. The molecular formula is C18H21ClN4O2S. The van der Waals surface area contributed by atoms with Crippen molar-refractivity contribution in [2.24, 2.45) is 5.73 Å². The highest BCUT2D eigenvalue weighted by molar-refractivity contribution is 7.16. The molecule has 2 aromatic heterocycles. The van der Waals surface area contributed by atoms with Crippen LogP contribution >= 0.6 is 23.7 Å². The Morgan fingerprint density at radius 2 is 1.96 bits per heavy atom. The zero-order valence-electron chi connectivity index (χ0n) is 14.2. The van der Waals surface area contributed by atoms with Gasteiger partial charge in [0.05, 0.1) is 11.7 Å². The maximum Gasteiger partial charge on any atom is 0.262 e. The van der Waals surface area contributed by atoms with Gasteiger partial charge < -0.3 is 10.6 Å². The molecule has 2 N–H and O–H groups in total. The van der Waals surface area contributed by atoms with Crippen molar-refractivity contribution >= 4 is 39.9 Å². The Morgan fingerprint density at radius 1 is 1.19 bits per heavy atom. The molecule has 3 aromatic rings. The zero-order valence-corrected chi connectivity index (χ0v) is 15.8. The second kappa shape index (κ2) is 9.47. The van der Waals surface area contributed by atoms with E-state index in [1.54, 1.807) is 11.0 Å². The fourth-order valence-electron chi connectivity index (χ4n) is 2.68. The minimum Gasteiger partial charge on any atom is -0.340 e. The van der Waals surface area contributed by atoms with E-state index in [-0.39, 0.29) is 30.4 Å². The van der Waals surface area contributed by atoms with Gasteiger partial charge >= 0.3 is 0 Å². The van der Waals surface area contributed by atoms with Crippen LogP contribution in [0.2, 0.25) is 0 Å². The average molecular weight is 393 g/mol. The van der Waals surface area contributed by atoms with E-state index >= 15 is 0 Å². The number of halogens is 1. The second-order valence-electron chi connectivity index (χ2n) is 5.72. The minimum absolute atomic E-state index is 0. The Labute approximate surface area is 161 Å². The molecule has 0 unspecified atom stereocenters. The van der Waals surface area contributed by atoms with E-state index in [4.69, 9.17) is 5.73 Å². The van der Waals surface area contributed by atoms with Crippen molar-refractivity contribution in [3.8, 4) is 0 Å². The lowest BCUT2D eigenvalue weighted by atomic mass is 10.1. The maximum absolute atomic E-state index is 12.6. The number of hydrogen-bond donors (Lipinski definition) is 1. The summed E-state index contributed by atoms with van der Waals surface area (Å²) in [7, 11) is 0. The second-order valence-corrected chi connectivity index (χ2v) is 6.62. The Hall–Kier alpha value is -2.22. The van der Waals surface area contributed by atoms with Gasteiger partial charge in [0.25, 0.3) is 5.56 Å². The molecule has 0 aliphatic heterocycles. The molecule has 6 nitrogen and oxygen atoms in total. The number of amides is 1. The highest BCUT2D eigenvalue weighted by Gasteiger charge is 2.15. The topological polar surface area (TPSA) is 81.2 Å². The molecule has 3 rings (SSSR count). The zero-order chi connectivity index (χ0) is 17.6. The molecule has 0 spiro atoms. The number of carbonyl (C=O) groups is 1. The normalized spacial score (nSPS) is 10.5. The first-order chi connectivity index (χ1) is 12.2. The van der Waals surface area contributed by atoms with Gasteiger partial charge in [0.1, 0.15) is 11.4 Å². The van der Waals surface area contributed by atoms with Gasteiger partial charge in [-0.3, -0.25) is 14.2 Å². The molecule has 0 fully saturated rings. The van der Waals surface area contributed by atoms with Crippen LogP contribution in [0.1, 0.15) is 5.56 Å². The summed E-state index contributed by atoms with van der Waals surface area (Å²) in [5, 5.41) is 2.38. The van der Waals surface area contributed by atoms with Crippen LogP contribution in [0.15, 0.2) is 52.9 Å². The first-order valence-corrected chi connectivity index (χ1v) is 9.01. The average Bonchev–Trinajstić information content (AvgIpc) is 3.11. The number of aromatic nitrogens is 2. The first-order valence-electron chi connectivity index (χ1n) is 8.13. The van der Waals surface area contributed by atoms with Gasteiger partial charge in [0, 0.05) is 19.6 Å². The molecule has 0 bridgehead atoms. The van der Waals surface area contributed by atoms with Crippen molar-refractivity contribution in [3.05, 3.63) is 64.0 Å². The van der Waals surface area contributed by atoms with E-state index in [9.17, 15) is 9.59 Å². The Bertz CT molecular complexity index is 910. The molecule has 0 radical (unpaired) electrons. The lowest BCUT2D eigenvalue weighted by molar-refractivity contribution is -0.131. The Morgan fingerprint density at radius 3 is 2.69 bits per heavy atom. The number of rotatable bonds is 7. The monoisotopic (exact) mass is 392 g/mol. The molecule has 138 valence electrons. The van der Waals surface area contributed by atoms with Crippen molar-refractivity contribution in [3.63, 3.8) is 0 Å². The number of hydrogen-bond acceptors (Lipinski definition) is 5. The molecule has 2 heterocycles. The van der Waals surface area contributed by atoms with E-state index in [0.717, 1.165) is 12.0 Å². The third kappa shape index (κ3) is 4.69. The van der Waals surface area contributed by atoms with Gasteiger partial charge in [-0.15, -0.1) is 23.7 Å². The quantitative estimate of drug-likeness (QED) is 0.666. The van der Waals surface area contributed by atoms with Gasteiger partial charge in [0.15, 0.2) is 0 Å². The molecule has 0 atom stereocenters. The van der Waals surface area contributed by atoms with Gasteiger partial charge in [0.2, 0.25) is 5.91 Å². The third-order valence-corrected chi connectivity index (χ3v) is 4.84. The number of benzene rings is 1. The van der Waals surface area contributed by atoms with E-state index in [1.165, 1.54) is 22.2 Å². The Balaban J connectivity index is 0.00000243. The van der Waals surface area contributed by atoms with Gasteiger partial charge in [-0.2, -0.15) is 0 Å². The molecule has 0 aliphatic rings. The summed E-state index contributed by atoms with van der Waals surface area (Å²) in [6.45, 7) is 1.40. The highest BCUT2D eigenvalue weighted by atomic mass is 35.5. The third-order valence-electron chi connectivity index (χ3n) is 4.02. The molecule has 8 heteroatoms. The van der Waals surface area contributed by atoms with Gasteiger partial charge in [-0.05, 0) is 23.4 Å². The molecule has 0 aliphatic carbocycles. The van der Waals surface area contributed by atoms with E-state index in [0.29, 0.717) is 29.9 Å². The maximum atomic E-state index is 12.6. The van der Waals surface area contributed by atoms with Crippen LogP contribution in [0, 0.1) is 0 Å². The van der Waals surface area contributed by atoms with Crippen molar-refractivity contribution in [2.45, 2.75) is 13.0 Å². The van der Waals surface area contributed by atoms with Crippen LogP contribution in [0.3, 0.4) is 0 Å². The summed E-state index contributed by atoms with van der Waals surface area (Å²) in [6.07, 6.45) is 2.19. The van der Waals surface area contributed by atoms with Crippen LogP contribution in [0.5, 0.6) is 0 Å². The number of carbonyl (C=O) groups excluding carboxylic acids is 1. The van der Waals surface area contributed by atoms with E-state index in [1.807, 2.05) is 35.7 Å². The highest BCUT2D eigenvalue weighted by Crippen LogP contribution is 2.13.